The fourth-order valence-corrected chi connectivity index (χ4v) is 2.11. The Morgan fingerprint density at radius 2 is 1.96 bits per heavy atom. The zero-order valence-corrected chi connectivity index (χ0v) is 13.1. The van der Waals surface area contributed by atoms with Gasteiger partial charge in [0.1, 0.15) is 5.75 Å². The Hall–Kier alpha value is -3.55. The van der Waals surface area contributed by atoms with Crippen molar-refractivity contribution in [1.82, 2.24) is 10.7 Å². The zero-order valence-electron chi connectivity index (χ0n) is 13.1. The number of rotatable bonds is 5. The van der Waals surface area contributed by atoms with E-state index in [1.54, 1.807) is 36.4 Å². The van der Waals surface area contributed by atoms with Crippen LogP contribution in [0.5, 0.6) is 17.2 Å². The Labute approximate surface area is 143 Å². The summed E-state index contributed by atoms with van der Waals surface area (Å²) in [6, 6.07) is 11.3. The lowest BCUT2D eigenvalue weighted by atomic mass is 10.2. The van der Waals surface area contributed by atoms with Crippen molar-refractivity contribution in [2.45, 2.75) is 0 Å². The van der Waals surface area contributed by atoms with Crippen LogP contribution in [0, 0.1) is 0 Å². The van der Waals surface area contributed by atoms with Crippen molar-refractivity contribution in [1.29, 1.82) is 0 Å². The van der Waals surface area contributed by atoms with Crippen molar-refractivity contribution in [3.05, 3.63) is 53.6 Å². The summed E-state index contributed by atoms with van der Waals surface area (Å²) in [5.41, 5.74) is 3.09. The smallest absolute Gasteiger partial charge is 0.259 e. The van der Waals surface area contributed by atoms with Crippen LogP contribution >= 0.6 is 0 Å². The molecule has 1 aliphatic heterocycles. The number of carbonyl (C=O) groups excluding carboxylic acids is 2. The minimum absolute atomic E-state index is 0.0524. The summed E-state index contributed by atoms with van der Waals surface area (Å²) in [5, 5.41) is 15.8. The molecule has 3 N–H and O–H groups in total. The number of benzene rings is 2. The van der Waals surface area contributed by atoms with Gasteiger partial charge in [-0.05, 0) is 30.3 Å². The van der Waals surface area contributed by atoms with Crippen LogP contribution in [0.3, 0.4) is 0 Å². The highest BCUT2D eigenvalue weighted by Crippen LogP contribution is 2.32. The normalized spacial score (nSPS) is 12.2. The van der Waals surface area contributed by atoms with Gasteiger partial charge in [-0.1, -0.05) is 12.1 Å². The number of amides is 2. The van der Waals surface area contributed by atoms with Crippen molar-refractivity contribution in [2.24, 2.45) is 5.10 Å². The number of carbonyl (C=O) groups is 2. The molecule has 0 bridgehead atoms. The Kier molecular flexibility index (Phi) is 4.79. The quantitative estimate of drug-likeness (QED) is 0.555. The molecule has 0 aliphatic carbocycles. The van der Waals surface area contributed by atoms with E-state index in [0.717, 1.165) is 0 Å². The van der Waals surface area contributed by atoms with Crippen molar-refractivity contribution in [3.63, 3.8) is 0 Å². The monoisotopic (exact) mass is 341 g/mol. The van der Waals surface area contributed by atoms with Crippen LogP contribution in [-0.4, -0.2) is 36.5 Å². The second-order valence-electron chi connectivity index (χ2n) is 5.10. The standard InChI is InChI=1S/C17H15N3O5/c21-13-4-2-1-3-12(13)8-19-20-16(22)9-18-17(23)11-5-6-14-15(7-11)25-10-24-14/h1-8,21H,9-10H2,(H,18,23)(H,20,22)/b19-8+. The maximum Gasteiger partial charge on any atom is 0.259 e. The van der Waals surface area contributed by atoms with Gasteiger partial charge >= 0.3 is 0 Å². The molecular weight excluding hydrogens is 326 g/mol. The Balaban J connectivity index is 1.49. The molecule has 3 rings (SSSR count). The molecule has 128 valence electrons. The zero-order chi connectivity index (χ0) is 17.6. The minimum atomic E-state index is -0.499. The Morgan fingerprint density at radius 3 is 2.80 bits per heavy atom. The highest BCUT2D eigenvalue weighted by molar-refractivity contribution is 5.97. The molecule has 0 saturated heterocycles. The van der Waals surface area contributed by atoms with Gasteiger partial charge in [0.15, 0.2) is 11.5 Å². The summed E-state index contributed by atoms with van der Waals surface area (Å²) in [7, 11) is 0. The third-order valence-electron chi connectivity index (χ3n) is 3.37. The summed E-state index contributed by atoms with van der Waals surface area (Å²) in [5.74, 6) is 0.202. The van der Waals surface area contributed by atoms with E-state index in [2.05, 4.69) is 15.8 Å². The van der Waals surface area contributed by atoms with Crippen LogP contribution in [0.1, 0.15) is 15.9 Å². The first-order chi connectivity index (χ1) is 12.1. The van der Waals surface area contributed by atoms with Crippen molar-refractivity contribution >= 4 is 18.0 Å². The van der Waals surface area contributed by atoms with E-state index in [0.29, 0.717) is 22.6 Å². The number of hydrogen-bond acceptors (Lipinski definition) is 6. The van der Waals surface area contributed by atoms with E-state index >= 15 is 0 Å². The highest BCUT2D eigenvalue weighted by Gasteiger charge is 2.16. The topological polar surface area (TPSA) is 109 Å². The summed E-state index contributed by atoms with van der Waals surface area (Å²) in [6.45, 7) is -0.122. The average molecular weight is 341 g/mol. The van der Waals surface area contributed by atoms with Gasteiger partial charge in [-0.15, -0.1) is 0 Å². The maximum atomic E-state index is 12.0. The number of aromatic hydroxyl groups is 1. The van der Waals surface area contributed by atoms with Crippen molar-refractivity contribution < 1.29 is 24.2 Å². The molecular formula is C17H15N3O5. The Morgan fingerprint density at radius 1 is 1.16 bits per heavy atom. The van der Waals surface area contributed by atoms with E-state index in [1.807, 2.05) is 0 Å². The number of phenolic OH excluding ortho intramolecular Hbond substituents is 1. The van der Waals surface area contributed by atoms with Crippen molar-refractivity contribution in [3.8, 4) is 17.2 Å². The number of hydrogen-bond donors (Lipinski definition) is 3. The molecule has 1 heterocycles. The van der Waals surface area contributed by atoms with Gasteiger partial charge in [-0.3, -0.25) is 9.59 Å². The lowest BCUT2D eigenvalue weighted by molar-refractivity contribution is -0.120. The molecule has 8 nitrogen and oxygen atoms in total. The number of nitrogens with zero attached hydrogens (tertiary/aromatic N) is 1. The second-order valence-corrected chi connectivity index (χ2v) is 5.10. The van der Waals surface area contributed by atoms with Gasteiger partial charge in [0.05, 0.1) is 12.8 Å². The molecule has 2 amide bonds. The number of para-hydroxylation sites is 1. The number of hydrazone groups is 1. The average Bonchev–Trinajstić information content (AvgIpc) is 3.09. The van der Waals surface area contributed by atoms with Gasteiger partial charge < -0.3 is 19.9 Å². The summed E-state index contributed by atoms with van der Waals surface area (Å²) in [6.07, 6.45) is 1.31. The van der Waals surface area contributed by atoms with Gasteiger partial charge in [0.2, 0.25) is 6.79 Å². The molecule has 1 aliphatic rings. The van der Waals surface area contributed by atoms with Crippen LogP contribution in [-0.2, 0) is 4.79 Å². The minimum Gasteiger partial charge on any atom is -0.507 e. The molecule has 25 heavy (non-hydrogen) atoms. The van der Waals surface area contributed by atoms with Gasteiger partial charge in [0, 0.05) is 11.1 Å². The van der Waals surface area contributed by atoms with Gasteiger partial charge in [-0.25, -0.2) is 5.43 Å². The molecule has 0 spiro atoms. The molecule has 2 aromatic carbocycles. The summed E-state index contributed by atoms with van der Waals surface area (Å²) in [4.78, 5) is 23.7. The van der Waals surface area contributed by atoms with E-state index in [-0.39, 0.29) is 19.1 Å². The molecule has 0 unspecified atom stereocenters. The third kappa shape index (κ3) is 4.05. The molecule has 0 radical (unpaired) electrons. The van der Waals surface area contributed by atoms with E-state index < -0.39 is 11.8 Å². The summed E-state index contributed by atoms with van der Waals surface area (Å²) >= 11 is 0. The number of fused-ring (bicyclic) bond motifs is 1. The van der Waals surface area contributed by atoms with E-state index in [4.69, 9.17) is 9.47 Å². The predicted molar refractivity (Wildman–Crippen MR) is 88.7 cm³/mol. The molecule has 2 aromatic rings. The van der Waals surface area contributed by atoms with E-state index in [1.165, 1.54) is 12.3 Å². The lowest BCUT2D eigenvalue weighted by Crippen LogP contribution is -2.34. The van der Waals surface area contributed by atoms with Crippen LogP contribution < -0.4 is 20.2 Å². The largest absolute Gasteiger partial charge is 0.507 e. The number of phenols is 1. The number of nitrogens with one attached hydrogen (secondary N) is 2. The fraction of sp³-hybridized carbons (Fsp3) is 0.118. The molecule has 0 aromatic heterocycles. The van der Waals surface area contributed by atoms with Crippen molar-refractivity contribution in [2.75, 3.05) is 13.3 Å². The SMILES string of the molecule is O=C(CNC(=O)c1ccc2c(c1)OCO2)N/N=C/c1ccccc1O. The Bertz CT molecular complexity index is 835. The maximum absolute atomic E-state index is 12.0. The first-order valence-corrected chi connectivity index (χ1v) is 7.41. The molecule has 0 fully saturated rings. The van der Waals surface area contributed by atoms with Crippen LogP contribution in [0.15, 0.2) is 47.6 Å². The second kappa shape index (κ2) is 7.35. The van der Waals surface area contributed by atoms with Crippen LogP contribution in [0.2, 0.25) is 0 Å². The van der Waals surface area contributed by atoms with Crippen LogP contribution in [0.4, 0.5) is 0 Å². The number of ether oxygens (including phenoxy) is 2. The third-order valence-corrected chi connectivity index (χ3v) is 3.37. The fourth-order valence-electron chi connectivity index (χ4n) is 2.11. The summed E-state index contributed by atoms with van der Waals surface area (Å²) < 4.78 is 10.4. The lowest BCUT2D eigenvalue weighted by Gasteiger charge is -2.05. The molecule has 0 atom stereocenters. The first kappa shape index (κ1) is 16.3. The van der Waals surface area contributed by atoms with E-state index in [9.17, 15) is 14.7 Å². The first-order valence-electron chi connectivity index (χ1n) is 7.41. The van der Waals surface area contributed by atoms with Gasteiger partial charge in [-0.2, -0.15) is 5.10 Å². The van der Waals surface area contributed by atoms with Gasteiger partial charge in [0.25, 0.3) is 11.8 Å². The molecule has 0 saturated carbocycles. The molecule has 8 heteroatoms. The predicted octanol–water partition coefficient (Wildman–Crippen LogP) is 1.00. The van der Waals surface area contributed by atoms with Crippen LogP contribution in [0.25, 0.3) is 0 Å². The highest BCUT2D eigenvalue weighted by atomic mass is 16.7.